The first-order valence-electron chi connectivity index (χ1n) is 6.67. The summed E-state index contributed by atoms with van der Waals surface area (Å²) >= 11 is 0. The van der Waals surface area contributed by atoms with E-state index in [0.717, 1.165) is 0 Å². The predicted octanol–water partition coefficient (Wildman–Crippen LogP) is 2.01. The van der Waals surface area contributed by atoms with Gasteiger partial charge < -0.3 is 19.6 Å². The number of benzene rings is 1. The summed E-state index contributed by atoms with van der Waals surface area (Å²) in [7, 11) is 1.55. The molecule has 5 nitrogen and oxygen atoms in total. The second kappa shape index (κ2) is 6.45. The molecule has 1 unspecified atom stereocenters. The number of ether oxygens (including phenoxy) is 1. The van der Waals surface area contributed by atoms with Gasteiger partial charge in [-0.05, 0) is 37.3 Å². The fourth-order valence-electron chi connectivity index (χ4n) is 1.99. The summed E-state index contributed by atoms with van der Waals surface area (Å²) in [5, 5.41) is 13.0. The van der Waals surface area contributed by atoms with Gasteiger partial charge in [0.1, 0.15) is 11.5 Å². The van der Waals surface area contributed by atoms with Crippen LogP contribution < -0.4 is 10.1 Å². The molecule has 1 aromatic carbocycles. The van der Waals surface area contributed by atoms with Crippen LogP contribution in [0.5, 0.6) is 5.75 Å². The van der Waals surface area contributed by atoms with E-state index in [1.807, 2.05) is 0 Å². The summed E-state index contributed by atoms with van der Waals surface area (Å²) in [6.45, 7) is 1.78. The van der Waals surface area contributed by atoms with Crippen LogP contribution in [-0.4, -0.2) is 30.3 Å². The zero-order chi connectivity index (χ0) is 15.3. The molecule has 1 aromatic heterocycles. The van der Waals surface area contributed by atoms with Crippen molar-refractivity contribution < 1.29 is 19.1 Å². The summed E-state index contributed by atoms with van der Waals surface area (Å²) in [5.74, 6) is 1.04. The van der Waals surface area contributed by atoms with Gasteiger partial charge in [-0.15, -0.1) is 0 Å². The smallest absolute Gasteiger partial charge is 0.251 e. The van der Waals surface area contributed by atoms with E-state index in [9.17, 15) is 9.90 Å². The van der Waals surface area contributed by atoms with Crippen LogP contribution in [0, 0.1) is 0 Å². The van der Waals surface area contributed by atoms with E-state index in [4.69, 9.17) is 9.15 Å². The Balaban J connectivity index is 1.93. The quantitative estimate of drug-likeness (QED) is 0.853. The molecule has 0 aliphatic heterocycles. The van der Waals surface area contributed by atoms with Crippen molar-refractivity contribution in [3.63, 3.8) is 0 Å². The Morgan fingerprint density at radius 3 is 2.86 bits per heavy atom. The molecule has 0 spiro atoms. The minimum Gasteiger partial charge on any atom is -0.497 e. The van der Waals surface area contributed by atoms with Crippen LogP contribution in [0.4, 0.5) is 0 Å². The normalized spacial score (nSPS) is 13.5. The molecule has 2 N–H and O–H groups in total. The average molecular weight is 289 g/mol. The number of carbonyl (C=O) groups is 1. The van der Waals surface area contributed by atoms with Crippen LogP contribution in [0.3, 0.4) is 0 Å². The number of furan rings is 1. The van der Waals surface area contributed by atoms with E-state index in [1.165, 1.54) is 0 Å². The molecule has 5 heteroatoms. The third-order valence-electron chi connectivity index (χ3n) is 3.10. The predicted molar refractivity (Wildman–Crippen MR) is 78.4 cm³/mol. The monoisotopic (exact) mass is 289 g/mol. The molecule has 21 heavy (non-hydrogen) atoms. The maximum Gasteiger partial charge on any atom is 0.251 e. The largest absolute Gasteiger partial charge is 0.497 e. The summed E-state index contributed by atoms with van der Waals surface area (Å²) in [4.78, 5) is 12.1. The summed E-state index contributed by atoms with van der Waals surface area (Å²) in [6.07, 6.45) is 1.89. The highest BCUT2D eigenvalue weighted by Crippen LogP contribution is 2.14. The molecule has 1 amide bonds. The van der Waals surface area contributed by atoms with Gasteiger partial charge in [-0.3, -0.25) is 4.79 Å². The number of aliphatic hydroxyl groups is 1. The molecule has 0 saturated carbocycles. The highest BCUT2D eigenvalue weighted by atomic mass is 16.5. The average Bonchev–Trinajstić information content (AvgIpc) is 2.97. The van der Waals surface area contributed by atoms with Gasteiger partial charge in [0.15, 0.2) is 0 Å². The van der Waals surface area contributed by atoms with Crippen molar-refractivity contribution in [2.75, 3.05) is 13.7 Å². The Labute approximate surface area is 123 Å². The van der Waals surface area contributed by atoms with Gasteiger partial charge in [-0.2, -0.15) is 0 Å². The molecule has 1 atom stereocenters. The molecule has 0 bridgehead atoms. The van der Waals surface area contributed by atoms with Gasteiger partial charge in [0.2, 0.25) is 0 Å². The van der Waals surface area contributed by atoms with Crippen molar-refractivity contribution in [2.45, 2.75) is 18.9 Å². The highest BCUT2D eigenvalue weighted by molar-refractivity contribution is 5.94. The number of methoxy groups -OCH3 is 1. The first kappa shape index (κ1) is 15.1. The van der Waals surface area contributed by atoms with Crippen LogP contribution in [0.25, 0.3) is 0 Å². The number of hydrogen-bond acceptors (Lipinski definition) is 4. The molecule has 0 fully saturated rings. The molecule has 112 valence electrons. The van der Waals surface area contributed by atoms with Gasteiger partial charge in [0.05, 0.1) is 19.0 Å². The van der Waals surface area contributed by atoms with Gasteiger partial charge in [-0.1, -0.05) is 6.07 Å². The Kier molecular flexibility index (Phi) is 4.65. The fraction of sp³-hybridized carbons (Fsp3) is 0.312. The van der Waals surface area contributed by atoms with E-state index in [2.05, 4.69) is 5.32 Å². The maximum absolute atomic E-state index is 12.1. The molecule has 2 rings (SSSR count). The van der Waals surface area contributed by atoms with Gasteiger partial charge in [0, 0.05) is 18.5 Å². The number of nitrogens with one attached hydrogen (secondary N) is 1. The van der Waals surface area contributed by atoms with E-state index in [0.29, 0.717) is 23.5 Å². The molecule has 0 aliphatic carbocycles. The second-order valence-electron chi connectivity index (χ2n) is 5.17. The summed E-state index contributed by atoms with van der Waals surface area (Å²) < 4.78 is 10.3. The summed E-state index contributed by atoms with van der Waals surface area (Å²) in [6, 6.07) is 10.4. The number of amides is 1. The number of hydrogen-bond donors (Lipinski definition) is 2. The van der Waals surface area contributed by atoms with Crippen LogP contribution in [-0.2, 0) is 6.42 Å². The van der Waals surface area contributed by atoms with Crippen molar-refractivity contribution in [1.29, 1.82) is 0 Å². The first-order valence-corrected chi connectivity index (χ1v) is 6.67. The highest BCUT2D eigenvalue weighted by Gasteiger charge is 2.23. The molecule has 2 aromatic rings. The minimum absolute atomic E-state index is 0.129. The van der Waals surface area contributed by atoms with Crippen LogP contribution in [0.15, 0.2) is 47.1 Å². The van der Waals surface area contributed by atoms with E-state index in [1.54, 1.807) is 56.7 Å². The third kappa shape index (κ3) is 4.36. The fourth-order valence-corrected chi connectivity index (χ4v) is 1.99. The Hall–Kier alpha value is -2.27. The van der Waals surface area contributed by atoms with E-state index in [-0.39, 0.29) is 12.5 Å². The number of carbonyl (C=O) groups excluding carboxylic acids is 1. The zero-order valence-corrected chi connectivity index (χ0v) is 12.1. The Morgan fingerprint density at radius 1 is 1.38 bits per heavy atom. The molecule has 0 aliphatic rings. The third-order valence-corrected chi connectivity index (χ3v) is 3.10. The second-order valence-corrected chi connectivity index (χ2v) is 5.17. The van der Waals surface area contributed by atoms with Crippen LogP contribution in [0.2, 0.25) is 0 Å². The maximum atomic E-state index is 12.1. The molecule has 0 radical (unpaired) electrons. The minimum atomic E-state index is -1.08. The van der Waals surface area contributed by atoms with Crippen molar-refractivity contribution in [3.8, 4) is 5.75 Å². The topological polar surface area (TPSA) is 71.7 Å². The van der Waals surface area contributed by atoms with Gasteiger partial charge in [0.25, 0.3) is 5.91 Å². The van der Waals surface area contributed by atoms with Gasteiger partial charge in [-0.25, -0.2) is 0 Å². The van der Waals surface area contributed by atoms with Crippen molar-refractivity contribution in [2.24, 2.45) is 0 Å². The molecular formula is C16H19NO4. The van der Waals surface area contributed by atoms with Crippen molar-refractivity contribution in [1.82, 2.24) is 5.32 Å². The van der Waals surface area contributed by atoms with Crippen LogP contribution >= 0.6 is 0 Å². The zero-order valence-electron chi connectivity index (χ0n) is 12.1. The van der Waals surface area contributed by atoms with Crippen molar-refractivity contribution in [3.05, 3.63) is 54.0 Å². The van der Waals surface area contributed by atoms with Gasteiger partial charge >= 0.3 is 0 Å². The molecule has 0 saturated heterocycles. The first-order chi connectivity index (χ1) is 10.00. The lowest BCUT2D eigenvalue weighted by molar-refractivity contribution is 0.0510. The lowest BCUT2D eigenvalue weighted by atomic mass is 10.0. The molecule has 1 heterocycles. The lowest BCUT2D eigenvalue weighted by Gasteiger charge is -2.22. The van der Waals surface area contributed by atoms with Crippen molar-refractivity contribution >= 4 is 5.91 Å². The SMILES string of the molecule is COc1cccc(C(=O)NCC(C)(O)Cc2ccco2)c1. The Morgan fingerprint density at radius 2 is 2.19 bits per heavy atom. The Bertz CT molecular complexity index is 590. The lowest BCUT2D eigenvalue weighted by Crippen LogP contribution is -2.42. The van der Waals surface area contributed by atoms with E-state index < -0.39 is 5.60 Å². The van der Waals surface area contributed by atoms with E-state index >= 15 is 0 Å². The number of rotatable bonds is 6. The molecular weight excluding hydrogens is 270 g/mol. The standard InChI is InChI=1S/C16H19NO4/c1-16(19,10-14-7-4-8-21-14)11-17-15(18)12-5-3-6-13(9-12)20-2/h3-9,19H,10-11H2,1-2H3,(H,17,18). The summed E-state index contributed by atoms with van der Waals surface area (Å²) in [5.41, 5.74) is -0.588. The van der Waals surface area contributed by atoms with Crippen LogP contribution in [0.1, 0.15) is 23.0 Å².